The number of aromatic nitrogens is 3. The second-order valence-electron chi connectivity index (χ2n) is 8.91. The Labute approximate surface area is 204 Å². The molecule has 2 fully saturated rings. The Morgan fingerprint density at radius 1 is 1.26 bits per heavy atom. The van der Waals surface area contributed by atoms with Gasteiger partial charge in [0, 0.05) is 24.7 Å². The van der Waals surface area contributed by atoms with E-state index in [2.05, 4.69) is 21.4 Å². The number of imidazole rings is 1. The third kappa shape index (κ3) is 3.67. The number of nitrogens with zero attached hydrogens (tertiary/aromatic N) is 4. The van der Waals surface area contributed by atoms with E-state index in [9.17, 15) is 9.59 Å². The largest absolute Gasteiger partial charge is 0.414 e. The van der Waals surface area contributed by atoms with E-state index in [1.54, 1.807) is 9.91 Å². The minimum absolute atomic E-state index is 0.0650. The van der Waals surface area contributed by atoms with Crippen molar-refractivity contribution in [2.75, 3.05) is 13.1 Å². The highest BCUT2D eigenvalue weighted by Crippen LogP contribution is 2.50. The molecule has 8 nitrogen and oxygen atoms in total. The molecule has 1 saturated carbocycles. The lowest BCUT2D eigenvalue weighted by Crippen LogP contribution is -2.46. The van der Waals surface area contributed by atoms with Gasteiger partial charge in [-0.2, -0.15) is 0 Å². The molecule has 10 heteroatoms. The van der Waals surface area contributed by atoms with Gasteiger partial charge in [-0.25, -0.2) is 14.8 Å². The van der Waals surface area contributed by atoms with Crippen LogP contribution in [0.1, 0.15) is 28.2 Å². The quantitative estimate of drug-likeness (QED) is 0.446. The Morgan fingerprint density at radius 3 is 3.00 bits per heavy atom. The molecular weight excluding hydrogens is 470 g/mol. The van der Waals surface area contributed by atoms with Gasteiger partial charge in [0.2, 0.25) is 5.88 Å². The van der Waals surface area contributed by atoms with Crippen LogP contribution in [0.2, 0.25) is 0 Å². The van der Waals surface area contributed by atoms with Crippen molar-refractivity contribution in [3.8, 4) is 16.3 Å². The van der Waals surface area contributed by atoms with Gasteiger partial charge < -0.3 is 15.0 Å². The molecule has 1 aromatic carbocycles. The number of nitrogens with one attached hydrogen (secondary N) is 1. The molecule has 1 aliphatic carbocycles. The van der Waals surface area contributed by atoms with Gasteiger partial charge in [0.15, 0.2) is 4.96 Å². The Balaban J connectivity index is 1.16. The zero-order valence-electron chi connectivity index (χ0n) is 18.7. The maximum Gasteiger partial charge on any atom is 0.414 e. The number of thiazole rings is 2. The number of benzene rings is 1. The van der Waals surface area contributed by atoms with Gasteiger partial charge in [0.05, 0.1) is 16.4 Å². The third-order valence-corrected chi connectivity index (χ3v) is 8.27. The second-order valence-corrected chi connectivity index (χ2v) is 10.6. The van der Waals surface area contributed by atoms with Gasteiger partial charge in [-0.3, -0.25) is 9.20 Å². The normalized spacial score (nSPS) is 21.0. The molecule has 0 bridgehead atoms. The van der Waals surface area contributed by atoms with Crippen LogP contribution < -0.4 is 10.1 Å². The first-order valence-corrected chi connectivity index (χ1v) is 12.9. The van der Waals surface area contributed by atoms with Crippen molar-refractivity contribution in [1.29, 1.82) is 0 Å². The summed E-state index contributed by atoms with van der Waals surface area (Å²) >= 11 is 2.96. The van der Waals surface area contributed by atoms with Crippen LogP contribution >= 0.6 is 22.7 Å². The summed E-state index contributed by atoms with van der Waals surface area (Å²) in [6.45, 7) is 4.90. The van der Waals surface area contributed by atoms with Gasteiger partial charge in [-0.1, -0.05) is 29.8 Å². The van der Waals surface area contributed by atoms with E-state index in [0.29, 0.717) is 42.2 Å². The number of likely N-dealkylation sites (tertiary alicyclic amines) is 1. The second kappa shape index (κ2) is 8.21. The van der Waals surface area contributed by atoms with E-state index in [1.807, 2.05) is 48.5 Å². The SMILES string of the molecule is Cc1cccc(-c2scnc2C(=O)N2C[C@@H]3C[C@@H]3[C@H]2CNC(=O)Oc2c(C)nc3sccn23)c1. The number of carbonyl (C=O) groups is 2. The summed E-state index contributed by atoms with van der Waals surface area (Å²) in [7, 11) is 0. The summed E-state index contributed by atoms with van der Waals surface area (Å²) in [5, 5.41) is 4.77. The van der Waals surface area contributed by atoms with E-state index in [1.165, 1.54) is 22.7 Å². The summed E-state index contributed by atoms with van der Waals surface area (Å²) in [6, 6.07) is 8.05. The van der Waals surface area contributed by atoms with E-state index >= 15 is 0 Å². The van der Waals surface area contributed by atoms with Gasteiger partial charge in [-0.15, -0.1) is 22.7 Å². The molecule has 6 rings (SSSR count). The summed E-state index contributed by atoms with van der Waals surface area (Å²) in [5.41, 5.74) is 5.02. The number of carbonyl (C=O) groups excluding carboxylic acids is 2. The minimum atomic E-state index is -0.540. The van der Waals surface area contributed by atoms with Crippen molar-refractivity contribution < 1.29 is 14.3 Å². The number of fused-ring (bicyclic) bond motifs is 2. The number of ether oxygens (including phenoxy) is 1. The molecule has 34 heavy (non-hydrogen) atoms. The van der Waals surface area contributed by atoms with Crippen LogP contribution in [0.3, 0.4) is 0 Å². The number of hydrogen-bond acceptors (Lipinski definition) is 7. The van der Waals surface area contributed by atoms with Gasteiger partial charge in [0.25, 0.3) is 5.91 Å². The highest BCUT2D eigenvalue weighted by Gasteiger charge is 2.54. The molecule has 0 spiro atoms. The molecule has 0 radical (unpaired) electrons. The minimum Gasteiger partial charge on any atom is -0.391 e. The molecule has 3 atom stereocenters. The molecular formula is C24H23N5O3S2. The van der Waals surface area contributed by atoms with E-state index in [0.717, 1.165) is 27.4 Å². The van der Waals surface area contributed by atoms with Gasteiger partial charge in [0.1, 0.15) is 11.4 Å². The average Bonchev–Trinajstić information content (AvgIpc) is 3.22. The lowest BCUT2D eigenvalue weighted by atomic mass is 10.1. The molecule has 0 unspecified atom stereocenters. The predicted molar refractivity (Wildman–Crippen MR) is 131 cm³/mol. The standard InChI is InChI=1S/C24H23N5O3S2/c1-13-4-3-5-15(8-13)20-19(26-12-34-20)21(30)29-11-16-9-17(16)18(29)10-25-24(31)32-22-14(2)27-23-28(22)6-7-33-23/h3-8,12,16-18H,9-11H2,1-2H3,(H,25,31)/t16-,17-,18+/m0/s1. The number of aryl methyl sites for hydroxylation is 2. The first-order valence-electron chi connectivity index (χ1n) is 11.2. The van der Waals surface area contributed by atoms with Crippen molar-refractivity contribution in [2.45, 2.75) is 26.3 Å². The highest BCUT2D eigenvalue weighted by atomic mass is 32.1. The Kier molecular flexibility index (Phi) is 5.14. The number of piperidine rings is 1. The van der Waals surface area contributed by atoms with Gasteiger partial charge in [-0.05, 0) is 37.7 Å². The topological polar surface area (TPSA) is 88.8 Å². The number of amides is 2. The average molecular weight is 494 g/mol. The first kappa shape index (κ1) is 21.3. The van der Waals surface area contributed by atoms with Crippen LogP contribution in [0.4, 0.5) is 4.79 Å². The van der Waals surface area contributed by atoms with E-state index in [4.69, 9.17) is 4.74 Å². The van der Waals surface area contributed by atoms with Crippen LogP contribution in [-0.4, -0.2) is 50.4 Å². The summed E-state index contributed by atoms with van der Waals surface area (Å²) in [6.07, 6.45) is 2.38. The van der Waals surface area contributed by atoms with Crippen molar-refractivity contribution >= 4 is 39.6 Å². The molecule has 2 amide bonds. The Bertz CT molecular complexity index is 1410. The fraction of sp³-hybridized carbons (Fsp3) is 0.333. The summed E-state index contributed by atoms with van der Waals surface area (Å²) < 4.78 is 7.33. The van der Waals surface area contributed by atoms with Crippen molar-refractivity contribution in [2.24, 2.45) is 11.8 Å². The van der Waals surface area contributed by atoms with Gasteiger partial charge >= 0.3 is 6.09 Å². The molecule has 4 aromatic rings. The summed E-state index contributed by atoms with van der Waals surface area (Å²) in [5.74, 6) is 1.25. The smallest absolute Gasteiger partial charge is 0.391 e. The molecule has 174 valence electrons. The Morgan fingerprint density at radius 2 is 2.15 bits per heavy atom. The molecule has 1 aliphatic heterocycles. The van der Waals surface area contributed by atoms with E-state index < -0.39 is 6.09 Å². The Hall–Kier alpha value is -3.24. The molecule has 1 saturated heterocycles. The van der Waals surface area contributed by atoms with Crippen molar-refractivity contribution in [1.82, 2.24) is 24.6 Å². The van der Waals surface area contributed by atoms with E-state index in [-0.39, 0.29) is 11.9 Å². The lowest BCUT2D eigenvalue weighted by molar-refractivity contribution is 0.0700. The maximum absolute atomic E-state index is 13.5. The van der Waals surface area contributed by atoms with Crippen molar-refractivity contribution in [3.63, 3.8) is 0 Å². The van der Waals surface area contributed by atoms with Crippen LogP contribution in [0.25, 0.3) is 15.4 Å². The van der Waals surface area contributed by atoms with Crippen LogP contribution in [0, 0.1) is 25.7 Å². The zero-order chi connectivity index (χ0) is 23.4. The predicted octanol–water partition coefficient (Wildman–Crippen LogP) is 4.39. The van der Waals surface area contributed by atoms with Crippen LogP contribution in [-0.2, 0) is 0 Å². The monoisotopic (exact) mass is 493 g/mol. The zero-order valence-corrected chi connectivity index (χ0v) is 20.4. The molecule has 1 N–H and O–H groups in total. The molecule has 3 aromatic heterocycles. The summed E-state index contributed by atoms with van der Waals surface area (Å²) in [4.78, 5) is 38.5. The number of rotatable bonds is 5. The van der Waals surface area contributed by atoms with Crippen LogP contribution in [0.15, 0.2) is 41.4 Å². The number of hydrogen-bond donors (Lipinski definition) is 1. The van der Waals surface area contributed by atoms with Crippen LogP contribution in [0.5, 0.6) is 5.88 Å². The highest BCUT2D eigenvalue weighted by molar-refractivity contribution is 7.15. The molecule has 4 heterocycles. The fourth-order valence-electron chi connectivity index (χ4n) is 4.90. The first-order chi connectivity index (χ1) is 16.5. The maximum atomic E-state index is 13.5. The lowest BCUT2D eigenvalue weighted by Gasteiger charge is -2.27. The fourth-order valence-corrected chi connectivity index (χ4v) is 6.43. The third-order valence-electron chi connectivity index (χ3n) is 6.64. The molecule has 2 aliphatic rings. The van der Waals surface area contributed by atoms with Crippen molar-refractivity contribution in [3.05, 3.63) is 58.3 Å².